The van der Waals surface area contributed by atoms with Crippen LogP contribution in [0.2, 0.25) is 0 Å². The Labute approximate surface area is 91.7 Å². The number of nitrogens with one attached hydrogen (secondary N) is 1. The van der Waals surface area contributed by atoms with Gasteiger partial charge in [0, 0.05) is 18.3 Å². The molecule has 7 heteroatoms. The molecule has 0 bridgehead atoms. The normalized spacial score (nSPS) is 15.0. The summed E-state index contributed by atoms with van der Waals surface area (Å²) >= 11 is 0. The molecule has 0 radical (unpaired) electrons. The summed E-state index contributed by atoms with van der Waals surface area (Å²) in [5.74, 6) is 1.49. The van der Waals surface area contributed by atoms with E-state index in [0.29, 0.717) is 23.8 Å². The first-order valence-corrected chi connectivity index (χ1v) is 5.08. The molecule has 0 spiro atoms. The minimum absolute atomic E-state index is 0.321. The third-order valence-electron chi connectivity index (χ3n) is 2.33. The molecule has 1 aliphatic carbocycles. The van der Waals surface area contributed by atoms with Gasteiger partial charge in [-0.15, -0.1) is 5.10 Å². The van der Waals surface area contributed by atoms with E-state index in [-0.39, 0.29) is 0 Å². The van der Waals surface area contributed by atoms with Gasteiger partial charge in [0.1, 0.15) is 6.33 Å². The monoisotopic (exact) mass is 217 g/mol. The molecule has 7 nitrogen and oxygen atoms in total. The summed E-state index contributed by atoms with van der Waals surface area (Å²) < 4.78 is 1.49. The van der Waals surface area contributed by atoms with Gasteiger partial charge in [-0.05, 0) is 12.8 Å². The topological polar surface area (TPSA) is 94.5 Å². The fourth-order valence-corrected chi connectivity index (χ4v) is 1.37. The van der Waals surface area contributed by atoms with Crippen LogP contribution in [-0.2, 0) is 0 Å². The molecule has 0 unspecified atom stereocenters. The minimum atomic E-state index is 0.321. The first kappa shape index (κ1) is 9.08. The van der Waals surface area contributed by atoms with Gasteiger partial charge in [0.25, 0.3) is 0 Å². The second kappa shape index (κ2) is 3.44. The molecular formula is C9H11N7. The Kier molecular flexibility index (Phi) is 1.95. The second-order valence-corrected chi connectivity index (χ2v) is 3.69. The van der Waals surface area contributed by atoms with E-state index < -0.39 is 0 Å². The average molecular weight is 217 g/mol. The van der Waals surface area contributed by atoms with Gasteiger partial charge in [0.2, 0.25) is 11.9 Å². The van der Waals surface area contributed by atoms with Crippen molar-refractivity contribution < 1.29 is 0 Å². The lowest BCUT2D eigenvalue weighted by Gasteiger charge is -1.99. The van der Waals surface area contributed by atoms with Crippen molar-refractivity contribution in [2.45, 2.75) is 18.9 Å². The van der Waals surface area contributed by atoms with Crippen LogP contribution in [0.1, 0.15) is 12.8 Å². The molecule has 0 saturated heterocycles. The van der Waals surface area contributed by atoms with Crippen LogP contribution in [0, 0.1) is 0 Å². The zero-order valence-electron chi connectivity index (χ0n) is 8.54. The average Bonchev–Trinajstić information content (AvgIpc) is 3.03. The molecule has 16 heavy (non-hydrogen) atoms. The summed E-state index contributed by atoms with van der Waals surface area (Å²) in [4.78, 5) is 12.0. The molecule has 0 aliphatic heterocycles. The van der Waals surface area contributed by atoms with Gasteiger partial charge in [-0.2, -0.15) is 9.67 Å². The van der Waals surface area contributed by atoms with E-state index in [2.05, 4.69) is 25.4 Å². The summed E-state index contributed by atoms with van der Waals surface area (Å²) in [5.41, 5.74) is 5.76. The van der Waals surface area contributed by atoms with E-state index in [1.165, 1.54) is 23.9 Å². The number of nitrogens with zero attached hydrogens (tertiary/aromatic N) is 5. The zero-order chi connectivity index (χ0) is 11.0. The van der Waals surface area contributed by atoms with E-state index >= 15 is 0 Å². The predicted octanol–water partition coefficient (Wildman–Crippen LogP) is 0.214. The van der Waals surface area contributed by atoms with E-state index in [9.17, 15) is 0 Å². The Morgan fingerprint density at radius 2 is 2.31 bits per heavy atom. The van der Waals surface area contributed by atoms with Crippen molar-refractivity contribution >= 4 is 11.9 Å². The molecule has 1 aliphatic rings. The van der Waals surface area contributed by atoms with Crippen LogP contribution < -0.4 is 11.1 Å². The molecule has 0 atom stereocenters. The lowest BCUT2D eigenvalue weighted by Crippen LogP contribution is -2.05. The van der Waals surface area contributed by atoms with Crippen LogP contribution in [0.3, 0.4) is 0 Å². The van der Waals surface area contributed by atoms with Crippen molar-refractivity contribution in [1.29, 1.82) is 0 Å². The Balaban J connectivity index is 1.91. The lowest BCUT2D eigenvalue weighted by atomic mass is 10.6. The predicted molar refractivity (Wildman–Crippen MR) is 58.0 cm³/mol. The number of rotatable bonds is 3. The zero-order valence-corrected chi connectivity index (χ0v) is 8.54. The Morgan fingerprint density at radius 3 is 3.00 bits per heavy atom. The van der Waals surface area contributed by atoms with Crippen molar-refractivity contribution in [2.24, 2.45) is 0 Å². The SMILES string of the molecule is Nc1nc(NC2CC2)nn1-c1ccncn1. The highest BCUT2D eigenvalue weighted by Gasteiger charge is 2.23. The van der Waals surface area contributed by atoms with Crippen molar-refractivity contribution in [1.82, 2.24) is 24.7 Å². The van der Waals surface area contributed by atoms with Crippen LogP contribution in [0.4, 0.5) is 11.9 Å². The Hall–Kier alpha value is -2.18. The molecule has 3 rings (SSSR count). The standard InChI is InChI=1S/C9H11N7/c10-8-14-9(13-6-1-2-6)15-16(8)7-3-4-11-5-12-7/h3-6H,1-2H2,(H3,10,13,14,15). The number of hydrogen-bond donors (Lipinski definition) is 2. The number of nitrogens with two attached hydrogens (primary N) is 1. The van der Waals surface area contributed by atoms with Crippen molar-refractivity contribution in [3.63, 3.8) is 0 Å². The molecule has 1 fully saturated rings. The largest absolute Gasteiger partial charge is 0.368 e. The van der Waals surface area contributed by atoms with Crippen LogP contribution in [-0.4, -0.2) is 30.8 Å². The molecule has 2 aromatic rings. The third-order valence-corrected chi connectivity index (χ3v) is 2.33. The third kappa shape index (κ3) is 1.67. The van der Waals surface area contributed by atoms with Crippen LogP contribution in [0.5, 0.6) is 0 Å². The summed E-state index contributed by atoms with van der Waals surface area (Å²) in [5, 5.41) is 7.42. The minimum Gasteiger partial charge on any atom is -0.368 e. The maximum absolute atomic E-state index is 5.76. The molecule has 1 saturated carbocycles. The quantitative estimate of drug-likeness (QED) is 0.763. The highest BCUT2D eigenvalue weighted by Crippen LogP contribution is 2.23. The second-order valence-electron chi connectivity index (χ2n) is 3.69. The maximum atomic E-state index is 5.76. The summed E-state index contributed by atoms with van der Waals surface area (Å²) in [6.45, 7) is 0. The van der Waals surface area contributed by atoms with Crippen molar-refractivity contribution in [3.05, 3.63) is 18.6 Å². The maximum Gasteiger partial charge on any atom is 0.244 e. The van der Waals surface area contributed by atoms with Crippen LogP contribution in [0.25, 0.3) is 5.82 Å². The summed E-state index contributed by atoms with van der Waals surface area (Å²) in [6, 6.07) is 2.23. The lowest BCUT2D eigenvalue weighted by molar-refractivity contribution is 0.847. The van der Waals surface area contributed by atoms with E-state index in [4.69, 9.17) is 5.73 Å². The fourth-order valence-electron chi connectivity index (χ4n) is 1.37. The molecule has 0 amide bonds. The number of anilines is 2. The van der Waals surface area contributed by atoms with Gasteiger partial charge in [-0.1, -0.05) is 0 Å². The highest BCUT2D eigenvalue weighted by molar-refractivity contribution is 5.39. The number of nitrogen functional groups attached to an aromatic ring is 1. The number of hydrogen-bond acceptors (Lipinski definition) is 6. The Bertz CT molecular complexity index is 488. The van der Waals surface area contributed by atoms with E-state index in [1.54, 1.807) is 12.3 Å². The summed E-state index contributed by atoms with van der Waals surface area (Å²) in [6.07, 6.45) is 5.42. The molecular weight excluding hydrogens is 206 g/mol. The van der Waals surface area contributed by atoms with Crippen LogP contribution in [0.15, 0.2) is 18.6 Å². The molecule has 0 aromatic carbocycles. The van der Waals surface area contributed by atoms with Crippen molar-refractivity contribution in [2.75, 3.05) is 11.1 Å². The molecule has 82 valence electrons. The fraction of sp³-hybridized carbons (Fsp3) is 0.333. The number of aromatic nitrogens is 5. The summed E-state index contributed by atoms with van der Waals surface area (Å²) in [7, 11) is 0. The van der Waals surface area contributed by atoms with Gasteiger partial charge in [-0.25, -0.2) is 9.97 Å². The van der Waals surface area contributed by atoms with Crippen molar-refractivity contribution in [3.8, 4) is 5.82 Å². The first-order chi connectivity index (χ1) is 7.83. The van der Waals surface area contributed by atoms with Gasteiger partial charge < -0.3 is 11.1 Å². The highest BCUT2D eigenvalue weighted by atomic mass is 15.4. The van der Waals surface area contributed by atoms with Gasteiger partial charge in [0.05, 0.1) is 0 Å². The van der Waals surface area contributed by atoms with Gasteiger partial charge in [-0.3, -0.25) is 0 Å². The Morgan fingerprint density at radius 1 is 1.44 bits per heavy atom. The van der Waals surface area contributed by atoms with E-state index in [1.807, 2.05) is 0 Å². The molecule has 3 N–H and O–H groups in total. The smallest absolute Gasteiger partial charge is 0.244 e. The van der Waals surface area contributed by atoms with E-state index in [0.717, 1.165) is 0 Å². The van der Waals surface area contributed by atoms with Gasteiger partial charge in [0.15, 0.2) is 5.82 Å². The van der Waals surface area contributed by atoms with Crippen LogP contribution >= 0.6 is 0 Å². The molecule has 2 heterocycles. The first-order valence-electron chi connectivity index (χ1n) is 5.08. The van der Waals surface area contributed by atoms with Gasteiger partial charge >= 0.3 is 0 Å². The molecule has 2 aromatic heterocycles.